The number of ether oxygens (including phenoxy) is 2. The zero-order valence-corrected chi connectivity index (χ0v) is 25.0. The summed E-state index contributed by atoms with van der Waals surface area (Å²) >= 11 is 0. The minimum atomic E-state index is -2.72. The molecule has 0 aliphatic carbocycles. The van der Waals surface area contributed by atoms with Gasteiger partial charge in [0, 0.05) is 11.1 Å². The summed E-state index contributed by atoms with van der Waals surface area (Å²) in [7, 11) is -6.96. The molecule has 1 rings (SSSR count). The van der Waals surface area contributed by atoms with E-state index in [1.165, 1.54) is 0 Å². The Balaban J connectivity index is 2.84. The Labute approximate surface area is 208 Å². The van der Waals surface area contributed by atoms with Gasteiger partial charge in [-0.15, -0.1) is 0 Å². The lowest BCUT2D eigenvalue weighted by Gasteiger charge is -2.41. The third kappa shape index (κ3) is 11.1. The van der Waals surface area contributed by atoms with Gasteiger partial charge in [-0.1, -0.05) is 43.5 Å². The summed E-state index contributed by atoms with van der Waals surface area (Å²) in [4.78, 5) is 23.3. The average molecular weight is 523 g/mol. The summed E-state index contributed by atoms with van der Waals surface area (Å²) in [6.07, 6.45) is 1.48. The first-order valence-electron chi connectivity index (χ1n) is 11.8. The predicted molar refractivity (Wildman–Crippen MR) is 145 cm³/mol. The van der Waals surface area contributed by atoms with E-state index in [1.54, 1.807) is 13.8 Å². The molecule has 0 radical (unpaired) electrons. The Bertz CT molecular complexity index is 803. The molecule has 0 amide bonds. The van der Waals surface area contributed by atoms with Gasteiger partial charge in [0.25, 0.3) is 0 Å². The van der Waals surface area contributed by atoms with Crippen LogP contribution < -0.4 is 5.19 Å². The van der Waals surface area contributed by atoms with Crippen LogP contribution in [0.2, 0.25) is 44.8 Å². The van der Waals surface area contributed by atoms with Gasteiger partial charge < -0.3 is 17.7 Å². The Morgan fingerprint density at radius 3 is 1.47 bits per heavy atom. The van der Waals surface area contributed by atoms with Gasteiger partial charge in [-0.3, -0.25) is 0 Å². The van der Waals surface area contributed by atoms with Crippen LogP contribution in [0.15, 0.2) is 54.6 Å². The van der Waals surface area contributed by atoms with E-state index >= 15 is 0 Å². The molecule has 0 aromatic heterocycles. The molecule has 0 atom stereocenters. The maximum absolute atomic E-state index is 11.6. The van der Waals surface area contributed by atoms with Crippen molar-refractivity contribution in [3.63, 3.8) is 0 Å². The number of carbonyl (C=O) groups excluding carboxylic acids is 2. The summed E-state index contributed by atoms with van der Waals surface area (Å²) in [6, 6.07) is 11.9. The number of benzene rings is 1. The highest BCUT2D eigenvalue weighted by Gasteiger charge is 2.44. The second-order valence-corrected chi connectivity index (χ2v) is 22.2. The fourth-order valence-corrected chi connectivity index (χ4v) is 17.1. The average Bonchev–Trinajstić information content (AvgIpc) is 2.73. The topological polar surface area (TPSA) is 71.1 Å². The Hall–Kier alpha value is -1.79. The molecular weight excluding hydrogens is 481 g/mol. The van der Waals surface area contributed by atoms with Crippen molar-refractivity contribution in [3.8, 4) is 0 Å². The molecule has 0 bridgehead atoms. The lowest BCUT2D eigenvalue weighted by atomic mass is 10.4. The SMILES string of the molecule is C=C(C)C(=O)OCCC[Si](C)(C)O[Si](C)(O[Si](C)(C)CCCOC(=O)C(=C)C)c1ccccc1. The van der Waals surface area contributed by atoms with Crippen molar-refractivity contribution in [3.05, 3.63) is 54.6 Å². The second-order valence-electron chi connectivity index (χ2n) is 10.1. The zero-order valence-electron chi connectivity index (χ0n) is 22.0. The number of hydrogen-bond donors (Lipinski definition) is 0. The minimum absolute atomic E-state index is 0.353. The van der Waals surface area contributed by atoms with Crippen LogP contribution in [0.1, 0.15) is 26.7 Å². The minimum Gasteiger partial charge on any atom is -0.462 e. The zero-order chi connectivity index (χ0) is 26.0. The Morgan fingerprint density at radius 1 is 0.735 bits per heavy atom. The molecule has 1 aromatic rings. The van der Waals surface area contributed by atoms with Crippen molar-refractivity contribution < 1.29 is 27.3 Å². The van der Waals surface area contributed by atoms with Crippen LogP contribution in [-0.2, 0) is 27.3 Å². The third-order valence-electron chi connectivity index (χ3n) is 5.25. The summed E-state index contributed by atoms with van der Waals surface area (Å²) in [6.45, 7) is 22.1. The van der Waals surface area contributed by atoms with Crippen molar-refractivity contribution >= 4 is 42.3 Å². The van der Waals surface area contributed by atoms with Gasteiger partial charge in [0.15, 0.2) is 16.6 Å². The molecule has 190 valence electrons. The van der Waals surface area contributed by atoms with Crippen LogP contribution in [0.25, 0.3) is 0 Å². The molecule has 0 saturated heterocycles. The van der Waals surface area contributed by atoms with Gasteiger partial charge in [0.2, 0.25) is 0 Å². The first-order chi connectivity index (χ1) is 15.7. The first kappa shape index (κ1) is 30.2. The molecule has 9 heteroatoms. The molecule has 0 saturated carbocycles. The van der Waals surface area contributed by atoms with E-state index in [2.05, 4.69) is 58.0 Å². The van der Waals surface area contributed by atoms with E-state index < -0.39 is 25.2 Å². The summed E-state index contributed by atoms with van der Waals surface area (Å²) in [5, 5.41) is 1.11. The van der Waals surface area contributed by atoms with Gasteiger partial charge in [-0.05, 0) is 76.7 Å². The van der Waals surface area contributed by atoms with Gasteiger partial charge in [-0.2, -0.15) is 0 Å². The number of rotatable bonds is 15. The molecular formula is C25H42O6Si3. The van der Waals surface area contributed by atoms with E-state index in [9.17, 15) is 9.59 Å². The van der Waals surface area contributed by atoms with Crippen molar-refractivity contribution in [2.75, 3.05) is 13.2 Å². The standard InChI is InChI=1S/C25H42O6Si3/c1-21(2)24(26)28-17-13-19-32(5,6)30-34(9,23-15-11-10-12-16-23)31-33(7,8)20-14-18-29-25(27)22(3)4/h10-12,15-16H,1,3,13-14,17-20H2,2,4-9H3. The third-order valence-corrected chi connectivity index (χ3v) is 17.3. The van der Waals surface area contributed by atoms with Crippen LogP contribution in [0.3, 0.4) is 0 Å². The normalized spacial score (nSPS) is 12.2. The maximum atomic E-state index is 11.6. The van der Waals surface area contributed by atoms with Crippen LogP contribution in [-0.4, -0.2) is 50.3 Å². The summed E-state index contributed by atoms with van der Waals surface area (Å²) < 4.78 is 24.3. The number of hydrogen-bond acceptors (Lipinski definition) is 6. The van der Waals surface area contributed by atoms with Crippen molar-refractivity contribution in [2.45, 2.75) is 71.5 Å². The number of carbonyl (C=O) groups is 2. The lowest BCUT2D eigenvalue weighted by molar-refractivity contribution is -0.139. The van der Waals surface area contributed by atoms with Crippen molar-refractivity contribution in [2.24, 2.45) is 0 Å². The van der Waals surface area contributed by atoms with Crippen LogP contribution in [0, 0.1) is 0 Å². The fraction of sp³-hybridized carbons (Fsp3) is 0.520. The van der Waals surface area contributed by atoms with E-state index in [0.29, 0.717) is 24.4 Å². The maximum Gasteiger partial charge on any atom is 0.348 e. The molecule has 0 aliphatic rings. The largest absolute Gasteiger partial charge is 0.462 e. The van der Waals surface area contributed by atoms with Crippen molar-refractivity contribution in [1.29, 1.82) is 0 Å². The van der Waals surface area contributed by atoms with E-state index in [4.69, 9.17) is 17.7 Å². The first-order valence-corrected chi connectivity index (χ1v) is 20.3. The molecule has 34 heavy (non-hydrogen) atoms. The summed E-state index contributed by atoms with van der Waals surface area (Å²) in [5.74, 6) is -0.706. The highest BCUT2D eigenvalue weighted by Crippen LogP contribution is 2.26. The van der Waals surface area contributed by atoms with Gasteiger partial charge in [0.05, 0.1) is 13.2 Å². The molecule has 1 aromatic carbocycles. The van der Waals surface area contributed by atoms with Gasteiger partial charge in [0.1, 0.15) is 0 Å². The van der Waals surface area contributed by atoms with Crippen LogP contribution in [0.4, 0.5) is 0 Å². The molecule has 0 heterocycles. The fourth-order valence-electron chi connectivity index (χ4n) is 3.61. The van der Waals surface area contributed by atoms with Gasteiger partial charge in [-0.25, -0.2) is 9.59 Å². The molecule has 0 aliphatic heterocycles. The van der Waals surface area contributed by atoms with Crippen LogP contribution >= 0.6 is 0 Å². The summed E-state index contributed by atoms with van der Waals surface area (Å²) in [5.41, 5.74) is 0.818. The Kier molecular flexibility index (Phi) is 11.9. The molecule has 6 nitrogen and oxygen atoms in total. The highest BCUT2D eigenvalue weighted by atomic mass is 28.5. The van der Waals surface area contributed by atoms with Crippen LogP contribution in [0.5, 0.6) is 0 Å². The lowest BCUT2D eigenvalue weighted by Crippen LogP contribution is -2.61. The molecule has 0 fully saturated rings. The molecule has 0 N–H and O–H groups in total. The molecule has 0 spiro atoms. The van der Waals surface area contributed by atoms with E-state index in [1.807, 2.05) is 18.2 Å². The van der Waals surface area contributed by atoms with Crippen molar-refractivity contribution in [1.82, 2.24) is 0 Å². The van der Waals surface area contributed by atoms with Gasteiger partial charge >= 0.3 is 20.5 Å². The number of esters is 2. The quantitative estimate of drug-likeness (QED) is 0.132. The van der Waals surface area contributed by atoms with E-state index in [-0.39, 0.29) is 11.9 Å². The second kappa shape index (κ2) is 13.3. The van der Waals surface area contributed by atoms with E-state index in [0.717, 1.165) is 30.1 Å². The monoisotopic (exact) mass is 522 g/mol. The highest BCUT2D eigenvalue weighted by molar-refractivity contribution is 6.94. The predicted octanol–water partition coefficient (Wildman–Crippen LogP) is 5.43. The smallest absolute Gasteiger partial charge is 0.348 e. The molecule has 0 unspecified atom stereocenters. The Morgan fingerprint density at radius 2 is 1.12 bits per heavy atom.